The van der Waals surface area contributed by atoms with Gasteiger partial charge in [0, 0.05) is 6.04 Å². The van der Waals surface area contributed by atoms with Crippen molar-refractivity contribution in [2.24, 2.45) is 11.8 Å². The fourth-order valence-corrected chi connectivity index (χ4v) is 2.54. The zero-order chi connectivity index (χ0) is 7.68. The first-order valence-electron chi connectivity index (χ1n) is 5.07. The number of hydrogen-bond donors (Lipinski definition) is 1. The molecule has 1 nitrogen and oxygen atoms in total. The molecule has 0 aromatic carbocycles. The van der Waals surface area contributed by atoms with Crippen molar-refractivity contribution in [1.29, 1.82) is 0 Å². The van der Waals surface area contributed by atoms with E-state index in [0.29, 0.717) is 0 Å². The van der Waals surface area contributed by atoms with Gasteiger partial charge in [-0.2, -0.15) is 0 Å². The molecule has 64 valence electrons. The largest absolute Gasteiger partial charge is 0.317 e. The summed E-state index contributed by atoms with van der Waals surface area (Å²) in [6.45, 7) is 0. The molecule has 0 bridgehead atoms. The van der Waals surface area contributed by atoms with Gasteiger partial charge in [-0.1, -0.05) is 25.7 Å². The molecule has 0 aromatic rings. The van der Waals surface area contributed by atoms with Crippen LogP contribution in [-0.4, -0.2) is 13.1 Å². The Kier molecular flexibility index (Phi) is 2.17. The van der Waals surface area contributed by atoms with E-state index in [0.717, 1.165) is 17.9 Å². The van der Waals surface area contributed by atoms with Crippen molar-refractivity contribution in [3.63, 3.8) is 0 Å². The Morgan fingerprint density at radius 1 is 1.27 bits per heavy atom. The zero-order valence-electron chi connectivity index (χ0n) is 7.47. The van der Waals surface area contributed by atoms with Crippen molar-refractivity contribution < 1.29 is 0 Å². The fraction of sp³-hybridized carbons (Fsp3) is 1.00. The molecule has 0 amide bonds. The van der Waals surface area contributed by atoms with E-state index >= 15 is 0 Å². The van der Waals surface area contributed by atoms with Crippen molar-refractivity contribution in [2.45, 2.75) is 44.6 Å². The highest BCUT2D eigenvalue weighted by Gasteiger charge is 2.37. The van der Waals surface area contributed by atoms with Crippen LogP contribution in [0.2, 0.25) is 0 Å². The lowest BCUT2D eigenvalue weighted by molar-refractivity contribution is 0.458. The molecule has 2 rings (SSSR count). The van der Waals surface area contributed by atoms with E-state index in [1.165, 1.54) is 38.5 Å². The molecule has 1 N–H and O–H groups in total. The van der Waals surface area contributed by atoms with Crippen LogP contribution in [0.3, 0.4) is 0 Å². The van der Waals surface area contributed by atoms with Crippen molar-refractivity contribution in [1.82, 2.24) is 5.32 Å². The SMILES string of the molecule is CNC1CC1CC1CCCC1. The van der Waals surface area contributed by atoms with E-state index in [9.17, 15) is 0 Å². The Labute approximate surface area is 69.6 Å². The first kappa shape index (κ1) is 7.60. The Balaban J connectivity index is 1.66. The van der Waals surface area contributed by atoms with Gasteiger partial charge in [0.05, 0.1) is 0 Å². The molecular formula is C10H19N. The lowest BCUT2D eigenvalue weighted by atomic mass is 10.0. The van der Waals surface area contributed by atoms with Gasteiger partial charge in [-0.15, -0.1) is 0 Å². The summed E-state index contributed by atoms with van der Waals surface area (Å²) in [5.74, 6) is 2.14. The fourth-order valence-electron chi connectivity index (χ4n) is 2.54. The topological polar surface area (TPSA) is 12.0 Å². The van der Waals surface area contributed by atoms with Crippen LogP contribution < -0.4 is 5.32 Å². The summed E-state index contributed by atoms with van der Waals surface area (Å²) in [6, 6.07) is 0.885. The van der Waals surface area contributed by atoms with Gasteiger partial charge in [0.15, 0.2) is 0 Å². The van der Waals surface area contributed by atoms with Crippen LogP contribution in [0.4, 0.5) is 0 Å². The molecule has 0 spiro atoms. The Morgan fingerprint density at radius 2 is 2.00 bits per heavy atom. The molecule has 0 aliphatic heterocycles. The Hall–Kier alpha value is -0.0400. The maximum atomic E-state index is 3.36. The van der Waals surface area contributed by atoms with Crippen LogP contribution in [0.15, 0.2) is 0 Å². The Morgan fingerprint density at radius 3 is 2.55 bits per heavy atom. The number of nitrogens with one attached hydrogen (secondary N) is 1. The quantitative estimate of drug-likeness (QED) is 0.655. The smallest absolute Gasteiger partial charge is 0.00962 e. The molecule has 0 saturated heterocycles. The van der Waals surface area contributed by atoms with Gasteiger partial charge in [0.2, 0.25) is 0 Å². The van der Waals surface area contributed by atoms with E-state index < -0.39 is 0 Å². The summed E-state index contributed by atoms with van der Waals surface area (Å²) in [5, 5.41) is 3.36. The minimum Gasteiger partial charge on any atom is -0.317 e. The standard InChI is InChI=1S/C10H19N/c1-11-10-7-9(10)6-8-4-2-3-5-8/h8-11H,2-7H2,1H3. The second-order valence-electron chi connectivity index (χ2n) is 4.28. The summed E-state index contributed by atoms with van der Waals surface area (Å²) in [6.07, 6.45) is 9.02. The molecule has 2 fully saturated rings. The second kappa shape index (κ2) is 3.14. The van der Waals surface area contributed by atoms with Crippen LogP contribution in [0.5, 0.6) is 0 Å². The Bertz CT molecular complexity index is 127. The third-order valence-electron chi connectivity index (χ3n) is 3.40. The number of rotatable bonds is 3. The minimum atomic E-state index is 0.885. The molecule has 2 saturated carbocycles. The predicted molar refractivity (Wildman–Crippen MR) is 47.5 cm³/mol. The highest BCUT2D eigenvalue weighted by molar-refractivity contribution is 4.93. The first-order valence-corrected chi connectivity index (χ1v) is 5.07. The molecular weight excluding hydrogens is 134 g/mol. The molecule has 2 atom stereocenters. The third-order valence-corrected chi connectivity index (χ3v) is 3.40. The van der Waals surface area contributed by atoms with Crippen molar-refractivity contribution in [2.75, 3.05) is 7.05 Å². The van der Waals surface area contributed by atoms with Gasteiger partial charge in [0.25, 0.3) is 0 Å². The van der Waals surface area contributed by atoms with Gasteiger partial charge in [-0.25, -0.2) is 0 Å². The average molecular weight is 153 g/mol. The van der Waals surface area contributed by atoms with E-state index in [1.807, 2.05) is 0 Å². The molecule has 2 aliphatic carbocycles. The maximum Gasteiger partial charge on any atom is 0.00962 e. The zero-order valence-corrected chi connectivity index (χ0v) is 7.47. The van der Waals surface area contributed by atoms with E-state index in [4.69, 9.17) is 0 Å². The third kappa shape index (κ3) is 1.76. The lowest BCUT2D eigenvalue weighted by Crippen LogP contribution is -2.11. The van der Waals surface area contributed by atoms with Gasteiger partial charge in [-0.3, -0.25) is 0 Å². The summed E-state index contributed by atoms with van der Waals surface area (Å²) < 4.78 is 0. The van der Waals surface area contributed by atoms with E-state index in [1.54, 1.807) is 0 Å². The van der Waals surface area contributed by atoms with Gasteiger partial charge < -0.3 is 5.32 Å². The normalized spacial score (nSPS) is 37.9. The molecule has 0 aromatic heterocycles. The summed E-state index contributed by atoms with van der Waals surface area (Å²) >= 11 is 0. The second-order valence-corrected chi connectivity index (χ2v) is 4.28. The van der Waals surface area contributed by atoms with Gasteiger partial charge in [0.1, 0.15) is 0 Å². The lowest BCUT2D eigenvalue weighted by Gasteiger charge is -2.06. The van der Waals surface area contributed by atoms with Crippen LogP contribution in [-0.2, 0) is 0 Å². The van der Waals surface area contributed by atoms with Crippen LogP contribution in [0.1, 0.15) is 38.5 Å². The molecule has 0 radical (unpaired) electrons. The van der Waals surface area contributed by atoms with Crippen LogP contribution >= 0.6 is 0 Å². The average Bonchev–Trinajstić information content (AvgIpc) is 2.54. The molecule has 0 heterocycles. The summed E-state index contributed by atoms with van der Waals surface area (Å²) in [5.41, 5.74) is 0. The summed E-state index contributed by atoms with van der Waals surface area (Å²) in [7, 11) is 2.10. The van der Waals surface area contributed by atoms with Crippen LogP contribution in [0, 0.1) is 11.8 Å². The summed E-state index contributed by atoms with van der Waals surface area (Å²) in [4.78, 5) is 0. The minimum absolute atomic E-state index is 0.885. The predicted octanol–water partition coefficient (Wildman–Crippen LogP) is 2.17. The molecule has 2 aliphatic rings. The van der Waals surface area contributed by atoms with Crippen molar-refractivity contribution in [3.8, 4) is 0 Å². The maximum absolute atomic E-state index is 3.36. The molecule has 11 heavy (non-hydrogen) atoms. The van der Waals surface area contributed by atoms with Crippen LogP contribution in [0.25, 0.3) is 0 Å². The van der Waals surface area contributed by atoms with E-state index in [-0.39, 0.29) is 0 Å². The monoisotopic (exact) mass is 153 g/mol. The van der Waals surface area contributed by atoms with Crippen molar-refractivity contribution in [3.05, 3.63) is 0 Å². The van der Waals surface area contributed by atoms with E-state index in [2.05, 4.69) is 12.4 Å². The van der Waals surface area contributed by atoms with Gasteiger partial charge in [-0.05, 0) is 31.7 Å². The highest BCUT2D eigenvalue weighted by Crippen LogP contribution is 2.40. The first-order chi connectivity index (χ1) is 5.40. The molecule has 2 unspecified atom stereocenters. The number of hydrogen-bond acceptors (Lipinski definition) is 1. The van der Waals surface area contributed by atoms with Gasteiger partial charge >= 0.3 is 0 Å². The molecule has 1 heteroatoms. The highest BCUT2D eigenvalue weighted by atomic mass is 14.9. The van der Waals surface area contributed by atoms with Crippen molar-refractivity contribution >= 4 is 0 Å².